The van der Waals surface area contributed by atoms with Crippen LogP contribution in [0.4, 0.5) is 5.69 Å². The maximum Gasteiger partial charge on any atom is 0.227 e. The summed E-state index contributed by atoms with van der Waals surface area (Å²) >= 11 is 3.37. The van der Waals surface area contributed by atoms with E-state index in [0.717, 1.165) is 15.7 Å². The highest BCUT2D eigenvalue weighted by Crippen LogP contribution is 2.26. The lowest BCUT2D eigenvalue weighted by Gasteiger charge is -2.17. The van der Waals surface area contributed by atoms with Gasteiger partial charge in [-0.2, -0.15) is 0 Å². The van der Waals surface area contributed by atoms with E-state index in [1.54, 1.807) is 4.90 Å². The molecule has 2 aromatic carbocycles. The first-order valence-corrected chi connectivity index (χ1v) is 8.90. The number of rotatable bonds is 5. The maximum absolute atomic E-state index is 12.3. The van der Waals surface area contributed by atoms with Gasteiger partial charge in [0.25, 0.3) is 0 Å². The van der Waals surface area contributed by atoms with Crippen LogP contribution in [0.25, 0.3) is 0 Å². The van der Waals surface area contributed by atoms with E-state index in [-0.39, 0.29) is 24.8 Å². The fraction of sp³-hybridized carbons (Fsp3) is 0.263. The van der Waals surface area contributed by atoms with E-state index in [2.05, 4.69) is 21.2 Å². The SMILES string of the molecule is O=C(NC[C@@H](O)c1ccccc1)[C@H]1CC(=O)N(c2ccc(Br)cc2)C1. The van der Waals surface area contributed by atoms with Crippen LogP contribution in [-0.4, -0.2) is 30.0 Å². The molecule has 130 valence electrons. The summed E-state index contributed by atoms with van der Waals surface area (Å²) in [5.41, 5.74) is 1.54. The molecule has 2 aromatic rings. The first kappa shape index (κ1) is 17.6. The van der Waals surface area contributed by atoms with Crippen molar-refractivity contribution in [3.63, 3.8) is 0 Å². The monoisotopic (exact) mass is 402 g/mol. The topological polar surface area (TPSA) is 69.6 Å². The standard InChI is InChI=1S/C19H19BrN2O3/c20-15-6-8-16(9-7-15)22-12-14(10-18(22)24)19(25)21-11-17(23)13-4-2-1-3-5-13/h1-9,14,17,23H,10-12H2,(H,21,25)/t14-,17+/m0/s1. The zero-order chi connectivity index (χ0) is 17.8. The molecule has 0 saturated carbocycles. The number of nitrogens with zero attached hydrogens (tertiary/aromatic N) is 1. The minimum atomic E-state index is -0.759. The van der Waals surface area contributed by atoms with Crippen LogP contribution < -0.4 is 10.2 Å². The Labute approximate surface area is 154 Å². The van der Waals surface area contributed by atoms with Crippen molar-refractivity contribution in [2.75, 3.05) is 18.0 Å². The van der Waals surface area contributed by atoms with Crippen molar-refractivity contribution in [3.05, 3.63) is 64.6 Å². The molecule has 2 N–H and O–H groups in total. The van der Waals surface area contributed by atoms with Gasteiger partial charge >= 0.3 is 0 Å². The van der Waals surface area contributed by atoms with Gasteiger partial charge in [-0.05, 0) is 29.8 Å². The number of carbonyl (C=O) groups is 2. The first-order chi connectivity index (χ1) is 12.0. The van der Waals surface area contributed by atoms with Crippen molar-refractivity contribution in [3.8, 4) is 0 Å². The molecule has 0 unspecified atom stereocenters. The van der Waals surface area contributed by atoms with E-state index in [9.17, 15) is 14.7 Å². The van der Waals surface area contributed by atoms with Crippen LogP contribution in [0.5, 0.6) is 0 Å². The molecule has 1 saturated heterocycles. The molecule has 0 aromatic heterocycles. The lowest BCUT2D eigenvalue weighted by molar-refractivity contribution is -0.126. The number of amides is 2. The highest BCUT2D eigenvalue weighted by molar-refractivity contribution is 9.10. The number of aliphatic hydroxyl groups is 1. The van der Waals surface area contributed by atoms with Crippen LogP contribution in [0, 0.1) is 5.92 Å². The summed E-state index contributed by atoms with van der Waals surface area (Å²) < 4.78 is 0.937. The zero-order valence-electron chi connectivity index (χ0n) is 13.6. The van der Waals surface area contributed by atoms with E-state index in [1.807, 2.05) is 54.6 Å². The third-order valence-electron chi connectivity index (χ3n) is 4.29. The van der Waals surface area contributed by atoms with Crippen molar-refractivity contribution in [1.29, 1.82) is 0 Å². The van der Waals surface area contributed by atoms with Crippen LogP contribution in [0.3, 0.4) is 0 Å². The number of benzene rings is 2. The van der Waals surface area contributed by atoms with Crippen LogP contribution >= 0.6 is 15.9 Å². The van der Waals surface area contributed by atoms with Crippen molar-refractivity contribution >= 4 is 33.4 Å². The molecular formula is C19H19BrN2O3. The highest BCUT2D eigenvalue weighted by Gasteiger charge is 2.35. The second-order valence-corrected chi connectivity index (χ2v) is 6.97. The van der Waals surface area contributed by atoms with Gasteiger partial charge in [0.1, 0.15) is 0 Å². The van der Waals surface area contributed by atoms with Gasteiger partial charge in [-0.25, -0.2) is 0 Å². The third-order valence-corrected chi connectivity index (χ3v) is 4.82. The van der Waals surface area contributed by atoms with Gasteiger partial charge in [0.15, 0.2) is 0 Å². The van der Waals surface area contributed by atoms with Gasteiger partial charge in [-0.1, -0.05) is 46.3 Å². The number of aliphatic hydroxyl groups excluding tert-OH is 1. The Morgan fingerprint density at radius 3 is 2.56 bits per heavy atom. The number of carbonyl (C=O) groups excluding carboxylic acids is 2. The van der Waals surface area contributed by atoms with Crippen LogP contribution in [0.2, 0.25) is 0 Å². The Morgan fingerprint density at radius 1 is 1.20 bits per heavy atom. The molecule has 1 heterocycles. The molecule has 6 heteroatoms. The van der Waals surface area contributed by atoms with Gasteiger partial charge < -0.3 is 15.3 Å². The van der Waals surface area contributed by atoms with Gasteiger partial charge in [-0.15, -0.1) is 0 Å². The summed E-state index contributed by atoms with van der Waals surface area (Å²) in [7, 11) is 0. The third kappa shape index (κ3) is 4.27. The van der Waals surface area contributed by atoms with Crippen LogP contribution in [0.15, 0.2) is 59.1 Å². The molecular weight excluding hydrogens is 384 g/mol. The Morgan fingerprint density at radius 2 is 1.88 bits per heavy atom. The zero-order valence-corrected chi connectivity index (χ0v) is 15.1. The predicted octanol–water partition coefficient (Wildman–Crippen LogP) is 2.65. The molecule has 2 amide bonds. The lowest BCUT2D eigenvalue weighted by Crippen LogP contribution is -2.35. The summed E-state index contributed by atoms with van der Waals surface area (Å²) in [4.78, 5) is 26.2. The van der Waals surface area contributed by atoms with E-state index in [0.29, 0.717) is 6.54 Å². The normalized spacial score (nSPS) is 18.2. The maximum atomic E-state index is 12.3. The van der Waals surface area contributed by atoms with Gasteiger partial charge in [0, 0.05) is 29.7 Å². The van der Waals surface area contributed by atoms with E-state index in [4.69, 9.17) is 0 Å². The van der Waals surface area contributed by atoms with E-state index >= 15 is 0 Å². The summed E-state index contributed by atoms with van der Waals surface area (Å²) in [6.45, 7) is 0.486. The minimum absolute atomic E-state index is 0.0638. The second kappa shape index (κ2) is 7.80. The molecule has 0 bridgehead atoms. The number of hydrogen-bond acceptors (Lipinski definition) is 3. The largest absolute Gasteiger partial charge is 0.387 e. The molecule has 0 radical (unpaired) electrons. The van der Waals surface area contributed by atoms with Gasteiger partial charge in [-0.3, -0.25) is 9.59 Å². The Hall–Kier alpha value is -2.18. The lowest BCUT2D eigenvalue weighted by atomic mass is 10.1. The molecule has 1 aliphatic rings. The number of nitrogens with one attached hydrogen (secondary N) is 1. The molecule has 1 aliphatic heterocycles. The van der Waals surface area contributed by atoms with Crippen molar-refractivity contribution in [2.45, 2.75) is 12.5 Å². The molecule has 1 fully saturated rings. The molecule has 25 heavy (non-hydrogen) atoms. The Kier molecular flexibility index (Phi) is 5.50. The van der Waals surface area contributed by atoms with Crippen LogP contribution in [-0.2, 0) is 9.59 Å². The van der Waals surface area contributed by atoms with Crippen molar-refractivity contribution in [2.24, 2.45) is 5.92 Å². The van der Waals surface area contributed by atoms with Crippen LogP contribution in [0.1, 0.15) is 18.1 Å². The van der Waals surface area contributed by atoms with E-state index in [1.165, 1.54) is 0 Å². The summed E-state index contributed by atoms with van der Waals surface area (Å²) in [5, 5.41) is 12.9. The van der Waals surface area contributed by atoms with Crippen molar-refractivity contribution in [1.82, 2.24) is 5.32 Å². The quantitative estimate of drug-likeness (QED) is 0.807. The molecule has 5 nitrogen and oxygen atoms in total. The first-order valence-electron chi connectivity index (χ1n) is 8.11. The summed E-state index contributed by atoms with van der Waals surface area (Å²) in [5.74, 6) is -0.673. The fourth-order valence-corrected chi connectivity index (χ4v) is 3.15. The summed E-state index contributed by atoms with van der Waals surface area (Å²) in [6, 6.07) is 16.6. The molecule has 3 rings (SSSR count). The average Bonchev–Trinajstić information content (AvgIpc) is 3.02. The fourth-order valence-electron chi connectivity index (χ4n) is 2.89. The number of halogens is 1. The van der Waals surface area contributed by atoms with E-state index < -0.39 is 12.0 Å². The van der Waals surface area contributed by atoms with Crippen molar-refractivity contribution < 1.29 is 14.7 Å². The smallest absolute Gasteiger partial charge is 0.227 e. The minimum Gasteiger partial charge on any atom is -0.387 e. The Balaban J connectivity index is 1.56. The Bertz CT molecular complexity index is 749. The van der Waals surface area contributed by atoms with Gasteiger partial charge in [0.2, 0.25) is 11.8 Å². The summed E-state index contributed by atoms with van der Waals surface area (Å²) in [6.07, 6.45) is -0.576. The predicted molar refractivity (Wildman–Crippen MR) is 99.0 cm³/mol. The highest BCUT2D eigenvalue weighted by atomic mass is 79.9. The molecule has 2 atom stereocenters. The van der Waals surface area contributed by atoms with Gasteiger partial charge in [0.05, 0.1) is 12.0 Å². The molecule has 0 spiro atoms. The number of hydrogen-bond donors (Lipinski definition) is 2. The average molecular weight is 403 g/mol. The second-order valence-electron chi connectivity index (χ2n) is 6.05. The number of anilines is 1. The molecule has 0 aliphatic carbocycles.